The van der Waals surface area contributed by atoms with E-state index in [1.54, 1.807) is 42.5 Å². The van der Waals surface area contributed by atoms with E-state index in [9.17, 15) is 4.79 Å². The molecule has 0 aromatic heterocycles. The van der Waals surface area contributed by atoms with Crippen LogP contribution in [0.25, 0.3) is 0 Å². The maximum atomic E-state index is 12.3. The molecule has 108 valence electrons. The molecule has 2 rings (SSSR count). The monoisotopic (exact) mass is 300 g/mol. The van der Waals surface area contributed by atoms with E-state index in [0.717, 1.165) is 0 Å². The van der Waals surface area contributed by atoms with Gasteiger partial charge in [0.15, 0.2) is 0 Å². The molecule has 0 saturated carbocycles. The maximum Gasteiger partial charge on any atom is 0.259 e. The lowest BCUT2D eigenvalue weighted by molar-refractivity contribution is 0.102. The molecule has 21 heavy (non-hydrogen) atoms. The number of benzene rings is 2. The molecule has 5 heteroatoms. The Balaban J connectivity index is 2.22. The summed E-state index contributed by atoms with van der Waals surface area (Å²) in [7, 11) is 0. The van der Waals surface area contributed by atoms with Crippen molar-refractivity contribution in [3.63, 3.8) is 0 Å². The normalized spacial score (nSPS) is 9.95. The Bertz CT molecular complexity index is 671. The van der Waals surface area contributed by atoms with Crippen molar-refractivity contribution in [2.45, 2.75) is 6.92 Å². The smallest absolute Gasteiger partial charge is 0.259 e. The number of ether oxygens (including phenoxy) is 1. The van der Waals surface area contributed by atoms with E-state index in [0.29, 0.717) is 34.2 Å². The van der Waals surface area contributed by atoms with E-state index in [2.05, 4.69) is 5.32 Å². The summed E-state index contributed by atoms with van der Waals surface area (Å²) in [5.74, 6) is 0.321. The summed E-state index contributed by atoms with van der Waals surface area (Å²) in [5, 5.41) is 2.82. The number of anilines is 1. The molecule has 0 radical (unpaired) electrons. The number of rotatable bonds is 5. The third-order valence-corrected chi connectivity index (χ3v) is 3.07. The number of hydrogen-bond acceptors (Lipinski definition) is 3. The zero-order valence-electron chi connectivity index (χ0n) is 11.6. The molecule has 0 aliphatic heterocycles. The van der Waals surface area contributed by atoms with Crippen molar-refractivity contribution >= 4 is 28.8 Å². The van der Waals surface area contributed by atoms with Crippen LogP contribution in [-0.4, -0.2) is 17.5 Å². The Morgan fingerprint density at radius 2 is 2.00 bits per heavy atom. The molecule has 0 aliphatic carbocycles. The van der Waals surface area contributed by atoms with Crippen molar-refractivity contribution in [1.29, 1.82) is 0 Å². The van der Waals surface area contributed by atoms with Crippen LogP contribution in [0.1, 0.15) is 22.8 Å². The summed E-state index contributed by atoms with van der Waals surface area (Å²) in [5.41, 5.74) is 7.42. The number of carbonyl (C=O) groups excluding carboxylic acids is 1. The Morgan fingerprint density at radius 3 is 2.71 bits per heavy atom. The highest BCUT2D eigenvalue weighted by atomic mass is 32.1. The molecular weight excluding hydrogens is 284 g/mol. The summed E-state index contributed by atoms with van der Waals surface area (Å²) in [4.78, 5) is 12.6. The SMILES string of the molecule is CCOc1ccccc1C(=O)Nc1cccc(C(N)=S)c1. The standard InChI is InChI=1S/C16H16N2O2S/c1-2-20-14-9-4-3-8-13(14)16(19)18-12-7-5-6-11(10-12)15(17)21/h3-10H,2H2,1H3,(H2,17,21)(H,18,19). The van der Waals surface area contributed by atoms with Gasteiger partial charge in [-0.05, 0) is 31.2 Å². The van der Waals surface area contributed by atoms with Crippen molar-refractivity contribution in [3.8, 4) is 5.75 Å². The van der Waals surface area contributed by atoms with Gasteiger partial charge in [0.05, 0.1) is 12.2 Å². The highest BCUT2D eigenvalue weighted by molar-refractivity contribution is 7.80. The number of para-hydroxylation sites is 1. The Labute approximate surface area is 128 Å². The van der Waals surface area contributed by atoms with Crippen LogP contribution >= 0.6 is 12.2 Å². The average Bonchev–Trinajstić information content (AvgIpc) is 2.48. The van der Waals surface area contributed by atoms with Gasteiger partial charge < -0.3 is 15.8 Å². The first-order valence-electron chi connectivity index (χ1n) is 6.55. The lowest BCUT2D eigenvalue weighted by Gasteiger charge is -2.11. The predicted octanol–water partition coefficient (Wildman–Crippen LogP) is 2.97. The van der Waals surface area contributed by atoms with Gasteiger partial charge in [0.25, 0.3) is 5.91 Å². The van der Waals surface area contributed by atoms with E-state index >= 15 is 0 Å². The number of nitrogens with two attached hydrogens (primary N) is 1. The second-order valence-electron chi connectivity index (χ2n) is 4.33. The molecule has 0 spiro atoms. The lowest BCUT2D eigenvalue weighted by Crippen LogP contribution is -2.15. The lowest BCUT2D eigenvalue weighted by atomic mass is 10.1. The fraction of sp³-hybridized carbons (Fsp3) is 0.125. The molecule has 2 aromatic rings. The number of thiocarbonyl (C=S) groups is 1. The van der Waals surface area contributed by atoms with Gasteiger partial charge >= 0.3 is 0 Å². The van der Waals surface area contributed by atoms with Gasteiger partial charge in [-0.2, -0.15) is 0 Å². The minimum Gasteiger partial charge on any atom is -0.493 e. The van der Waals surface area contributed by atoms with E-state index in [1.165, 1.54) is 0 Å². The van der Waals surface area contributed by atoms with Crippen LogP contribution in [0.4, 0.5) is 5.69 Å². The van der Waals surface area contributed by atoms with Crippen molar-refractivity contribution in [3.05, 3.63) is 59.7 Å². The van der Waals surface area contributed by atoms with Gasteiger partial charge in [0.2, 0.25) is 0 Å². The van der Waals surface area contributed by atoms with E-state index < -0.39 is 0 Å². The third kappa shape index (κ3) is 3.79. The molecule has 0 aliphatic rings. The van der Waals surface area contributed by atoms with Crippen LogP contribution in [0.2, 0.25) is 0 Å². The molecule has 0 heterocycles. The molecular formula is C16H16N2O2S. The summed E-state index contributed by atoms with van der Waals surface area (Å²) in [6.45, 7) is 2.38. The van der Waals surface area contributed by atoms with Gasteiger partial charge in [-0.15, -0.1) is 0 Å². The molecule has 4 nitrogen and oxygen atoms in total. The van der Waals surface area contributed by atoms with Crippen LogP contribution in [0.15, 0.2) is 48.5 Å². The average molecular weight is 300 g/mol. The van der Waals surface area contributed by atoms with Crippen LogP contribution in [-0.2, 0) is 0 Å². The second-order valence-corrected chi connectivity index (χ2v) is 4.77. The maximum absolute atomic E-state index is 12.3. The molecule has 0 saturated heterocycles. The fourth-order valence-corrected chi connectivity index (χ4v) is 2.01. The zero-order chi connectivity index (χ0) is 15.2. The highest BCUT2D eigenvalue weighted by Crippen LogP contribution is 2.20. The van der Waals surface area contributed by atoms with Crippen molar-refractivity contribution in [2.24, 2.45) is 5.73 Å². The van der Waals surface area contributed by atoms with Gasteiger partial charge in [-0.3, -0.25) is 4.79 Å². The van der Waals surface area contributed by atoms with Gasteiger partial charge in [-0.1, -0.05) is 36.5 Å². The molecule has 1 amide bonds. The quantitative estimate of drug-likeness (QED) is 0.833. The molecule has 0 bridgehead atoms. The Hall–Kier alpha value is -2.40. The topological polar surface area (TPSA) is 64.3 Å². The summed E-state index contributed by atoms with van der Waals surface area (Å²) >= 11 is 4.93. The summed E-state index contributed by atoms with van der Waals surface area (Å²) in [6, 6.07) is 14.2. The molecule has 3 N–H and O–H groups in total. The fourth-order valence-electron chi connectivity index (χ4n) is 1.88. The molecule has 0 atom stereocenters. The summed E-state index contributed by atoms with van der Waals surface area (Å²) in [6.07, 6.45) is 0. The minimum absolute atomic E-state index is 0.237. The number of carbonyl (C=O) groups is 1. The number of hydrogen-bond donors (Lipinski definition) is 2. The Kier molecular flexibility index (Phi) is 4.90. The zero-order valence-corrected chi connectivity index (χ0v) is 12.4. The van der Waals surface area contributed by atoms with Gasteiger partial charge in [0.1, 0.15) is 10.7 Å². The highest BCUT2D eigenvalue weighted by Gasteiger charge is 2.12. The predicted molar refractivity (Wildman–Crippen MR) is 87.9 cm³/mol. The van der Waals surface area contributed by atoms with Gasteiger partial charge in [-0.25, -0.2) is 0 Å². The van der Waals surface area contributed by atoms with Crippen molar-refractivity contribution in [1.82, 2.24) is 0 Å². The molecule has 2 aromatic carbocycles. The third-order valence-electron chi connectivity index (χ3n) is 2.84. The van der Waals surface area contributed by atoms with Crippen LogP contribution in [0.5, 0.6) is 5.75 Å². The second kappa shape index (κ2) is 6.85. The summed E-state index contributed by atoms with van der Waals surface area (Å²) < 4.78 is 5.46. The van der Waals surface area contributed by atoms with E-state index in [4.69, 9.17) is 22.7 Å². The van der Waals surface area contributed by atoms with Crippen molar-refractivity contribution in [2.75, 3.05) is 11.9 Å². The van der Waals surface area contributed by atoms with E-state index in [-0.39, 0.29) is 5.91 Å². The number of amides is 1. The first-order chi connectivity index (χ1) is 10.1. The minimum atomic E-state index is -0.237. The van der Waals surface area contributed by atoms with Gasteiger partial charge in [0, 0.05) is 11.3 Å². The molecule has 0 unspecified atom stereocenters. The first-order valence-corrected chi connectivity index (χ1v) is 6.95. The van der Waals surface area contributed by atoms with E-state index in [1.807, 2.05) is 13.0 Å². The van der Waals surface area contributed by atoms with Crippen LogP contribution in [0, 0.1) is 0 Å². The first kappa shape index (κ1) is 15.0. The largest absolute Gasteiger partial charge is 0.493 e. The van der Waals surface area contributed by atoms with Crippen LogP contribution < -0.4 is 15.8 Å². The number of nitrogens with one attached hydrogen (secondary N) is 1. The van der Waals surface area contributed by atoms with Crippen LogP contribution in [0.3, 0.4) is 0 Å². The Morgan fingerprint density at radius 1 is 1.24 bits per heavy atom. The van der Waals surface area contributed by atoms with Crippen molar-refractivity contribution < 1.29 is 9.53 Å². The molecule has 0 fully saturated rings.